The van der Waals surface area contributed by atoms with E-state index in [4.69, 9.17) is 4.98 Å². The smallest absolute Gasteiger partial charge is 0.254 e. The van der Waals surface area contributed by atoms with Crippen molar-refractivity contribution in [2.75, 3.05) is 13.1 Å². The molecule has 31 heavy (non-hydrogen) atoms. The summed E-state index contributed by atoms with van der Waals surface area (Å²) in [7, 11) is 0. The lowest BCUT2D eigenvalue weighted by Gasteiger charge is -2.35. The van der Waals surface area contributed by atoms with Crippen LogP contribution in [0.25, 0.3) is 22.2 Å². The molecule has 2 heterocycles. The molecule has 4 heteroatoms. The van der Waals surface area contributed by atoms with Gasteiger partial charge in [-0.1, -0.05) is 74.8 Å². The molecule has 0 saturated carbocycles. The third kappa shape index (κ3) is 4.69. The SMILES string of the molecule is C[C@H]1C[C@H](C)CN(C(=O)c2cc(-c3ccc(C(C)(C)C)cc3)nc3ccc(Br)cc23)C1. The Kier molecular flexibility index (Phi) is 5.95. The average Bonchev–Trinajstić information content (AvgIpc) is 2.71. The summed E-state index contributed by atoms with van der Waals surface area (Å²) in [6, 6.07) is 16.5. The fraction of sp³-hybridized carbons (Fsp3) is 0.407. The molecule has 1 amide bonds. The monoisotopic (exact) mass is 478 g/mol. The van der Waals surface area contributed by atoms with Crippen molar-refractivity contribution < 1.29 is 4.79 Å². The second-order valence-electron chi connectivity index (χ2n) is 10.2. The van der Waals surface area contributed by atoms with Crippen LogP contribution in [0.3, 0.4) is 0 Å². The first kappa shape index (κ1) is 22.0. The highest BCUT2D eigenvalue weighted by Crippen LogP contribution is 2.31. The minimum absolute atomic E-state index is 0.102. The summed E-state index contributed by atoms with van der Waals surface area (Å²) in [6.07, 6.45) is 1.18. The molecule has 1 saturated heterocycles. The minimum atomic E-state index is 0.102. The van der Waals surface area contributed by atoms with E-state index < -0.39 is 0 Å². The van der Waals surface area contributed by atoms with Gasteiger partial charge < -0.3 is 4.90 Å². The van der Waals surface area contributed by atoms with Gasteiger partial charge in [-0.15, -0.1) is 0 Å². The Bertz CT molecular complexity index is 1100. The molecule has 1 aliphatic rings. The molecule has 0 bridgehead atoms. The molecular formula is C27H31BrN2O. The van der Waals surface area contributed by atoms with E-state index in [1.165, 1.54) is 12.0 Å². The van der Waals surface area contributed by atoms with Crippen LogP contribution in [0.1, 0.15) is 57.0 Å². The van der Waals surface area contributed by atoms with E-state index in [1.54, 1.807) is 0 Å². The van der Waals surface area contributed by atoms with Gasteiger partial charge in [0.2, 0.25) is 0 Å². The van der Waals surface area contributed by atoms with Gasteiger partial charge in [-0.3, -0.25) is 4.79 Å². The fourth-order valence-electron chi connectivity index (χ4n) is 4.66. The number of carbonyl (C=O) groups is 1. The maximum atomic E-state index is 13.7. The van der Waals surface area contributed by atoms with Crippen LogP contribution in [0, 0.1) is 11.8 Å². The lowest BCUT2D eigenvalue weighted by Crippen LogP contribution is -2.42. The summed E-state index contributed by atoms with van der Waals surface area (Å²) in [5.74, 6) is 1.16. The Morgan fingerprint density at radius 1 is 1.00 bits per heavy atom. The Balaban J connectivity index is 1.80. The molecule has 0 unspecified atom stereocenters. The van der Waals surface area contributed by atoms with E-state index in [2.05, 4.69) is 74.8 Å². The topological polar surface area (TPSA) is 33.2 Å². The normalized spacial score (nSPS) is 19.6. The number of aromatic nitrogens is 1. The zero-order valence-electron chi connectivity index (χ0n) is 19.1. The molecule has 2 atom stereocenters. The standard InChI is InChI=1S/C27H31BrN2O/c1-17-12-18(2)16-30(15-17)26(31)23-14-25(29-24-11-10-21(28)13-22(23)24)19-6-8-20(9-7-19)27(3,4)5/h6-11,13-14,17-18H,12,15-16H2,1-5H3/t17-,18-/m0/s1. The zero-order valence-corrected chi connectivity index (χ0v) is 20.7. The number of halogens is 1. The first-order valence-electron chi connectivity index (χ1n) is 11.1. The molecule has 0 spiro atoms. The summed E-state index contributed by atoms with van der Waals surface area (Å²) < 4.78 is 0.957. The maximum absolute atomic E-state index is 13.7. The third-order valence-corrected chi connectivity index (χ3v) is 6.70. The highest BCUT2D eigenvalue weighted by molar-refractivity contribution is 9.10. The van der Waals surface area contributed by atoms with Gasteiger partial charge in [0, 0.05) is 28.5 Å². The van der Waals surface area contributed by atoms with Crippen molar-refractivity contribution in [3.8, 4) is 11.3 Å². The Labute approximate surface area is 194 Å². The number of likely N-dealkylation sites (tertiary alicyclic amines) is 1. The molecule has 0 N–H and O–H groups in total. The molecule has 1 fully saturated rings. The molecule has 3 nitrogen and oxygen atoms in total. The van der Waals surface area contributed by atoms with Crippen molar-refractivity contribution in [2.24, 2.45) is 11.8 Å². The van der Waals surface area contributed by atoms with Gasteiger partial charge in [-0.25, -0.2) is 4.98 Å². The average molecular weight is 479 g/mol. The number of fused-ring (bicyclic) bond motifs is 1. The first-order chi connectivity index (χ1) is 14.6. The summed E-state index contributed by atoms with van der Waals surface area (Å²) in [4.78, 5) is 20.6. The highest BCUT2D eigenvalue weighted by atomic mass is 79.9. The predicted octanol–water partition coefficient (Wildman–Crippen LogP) is 7.08. The van der Waals surface area contributed by atoms with E-state index in [-0.39, 0.29) is 11.3 Å². The molecule has 0 aliphatic carbocycles. The number of amides is 1. The second kappa shape index (κ2) is 8.38. The maximum Gasteiger partial charge on any atom is 0.254 e. The van der Waals surface area contributed by atoms with Gasteiger partial charge in [0.05, 0.1) is 16.8 Å². The number of piperidine rings is 1. The molecule has 1 aromatic heterocycles. The fourth-order valence-corrected chi connectivity index (χ4v) is 5.02. The number of hydrogen-bond donors (Lipinski definition) is 0. The molecular weight excluding hydrogens is 448 g/mol. The molecule has 1 aliphatic heterocycles. The van der Waals surface area contributed by atoms with E-state index >= 15 is 0 Å². The van der Waals surface area contributed by atoms with Gasteiger partial charge in [0.15, 0.2) is 0 Å². The quantitative estimate of drug-likeness (QED) is 0.394. The zero-order chi connectivity index (χ0) is 22.3. The second-order valence-corrected chi connectivity index (χ2v) is 11.1. The van der Waals surface area contributed by atoms with Crippen LogP contribution in [0.2, 0.25) is 0 Å². The number of hydrogen-bond acceptors (Lipinski definition) is 2. The van der Waals surface area contributed by atoms with Crippen LogP contribution >= 0.6 is 15.9 Å². The van der Waals surface area contributed by atoms with Crippen LogP contribution in [0.15, 0.2) is 53.0 Å². The highest BCUT2D eigenvalue weighted by Gasteiger charge is 2.27. The summed E-state index contributed by atoms with van der Waals surface area (Å²) in [6.45, 7) is 12.7. The number of rotatable bonds is 2. The Hall–Kier alpha value is -2.20. The van der Waals surface area contributed by atoms with Crippen molar-refractivity contribution in [3.63, 3.8) is 0 Å². The van der Waals surface area contributed by atoms with Crippen molar-refractivity contribution in [1.82, 2.24) is 9.88 Å². The Morgan fingerprint density at radius 3 is 2.26 bits per heavy atom. The summed E-state index contributed by atoms with van der Waals surface area (Å²) in [5.41, 5.74) is 4.85. The van der Waals surface area contributed by atoms with Crippen molar-refractivity contribution in [3.05, 3.63) is 64.1 Å². The number of carbonyl (C=O) groups excluding carboxylic acids is 1. The van der Waals surface area contributed by atoms with E-state index in [0.717, 1.165) is 45.3 Å². The number of nitrogens with zero attached hydrogens (tertiary/aromatic N) is 2. The molecule has 0 radical (unpaired) electrons. The van der Waals surface area contributed by atoms with Crippen molar-refractivity contribution in [1.29, 1.82) is 0 Å². The van der Waals surface area contributed by atoms with Crippen LogP contribution < -0.4 is 0 Å². The number of pyridine rings is 1. The van der Waals surface area contributed by atoms with E-state index in [1.807, 2.05) is 29.2 Å². The first-order valence-corrected chi connectivity index (χ1v) is 11.9. The van der Waals surface area contributed by atoms with Gasteiger partial charge in [0.1, 0.15) is 0 Å². The lowest BCUT2D eigenvalue weighted by atomic mass is 9.86. The molecule has 4 rings (SSSR count). The summed E-state index contributed by atoms with van der Waals surface area (Å²) >= 11 is 3.57. The summed E-state index contributed by atoms with van der Waals surface area (Å²) in [5, 5.41) is 0.903. The van der Waals surface area contributed by atoms with E-state index in [0.29, 0.717) is 11.8 Å². The minimum Gasteiger partial charge on any atom is -0.338 e. The van der Waals surface area contributed by atoms with Gasteiger partial charge in [0.25, 0.3) is 5.91 Å². The molecule has 3 aromatic rings. The number of benzene rings is 2. The van der Waals surface area contributed by atoms with Crippen molar-refractivity contribution >= 4 is 32.7 Å². The predicted molar refractivity (Wildman–Crippen MR) is 132 cm³/mol. The van der Waals surface area contributed by atoms with Crippen molar-refractivity contribution in [2.45, 2.75) is 46.5 Å². The van der Waals surface area contributed by atoms with Gasteiger partial charge >= 0.3 is 0 Å². The van der Waals surface area contributed by atoms with Gasteiger partial charge in [-0.2, -0.15) is 0 Å². The molecule has 162 valence electrons. The van der Waals surface area contributed by atoms with Crippen LogP contribution in [0.4, 0.5) is 0 Å². The van der Waals surface area contributed by atoms with Crippen LogP contribution in [-0.4, -0.2) is 28.9 Å². The molecule has 2 aromatic carbocycles. The Morgan fingerprint density at radius 2 is 1.65 bits per heavy atom. The largest absolute Gasteiger partial charge is 0.338 e. The lowest BCUT2D eigenvalue weighted by molar-refractivity contribution is 0.0625. The van der Waals surface area contributed by atoms with E-state index in [9.17, 15) is 4.79 Å². The third-order valence-electron chi connectivity index (χ3n) is 6.20. The van der Waals surface area contributed by atoms with Gasteiger partial charge in [-0.05, 0) is 53.5 Å². The van der Waals surface area contributed by atoms with Crippen LogP contribution in [0.5, 0.6) is 0 Å². The van der Waals surface area contributed by atoms with Crippen LogP contribution in [-0.2, 0) is 5.41 Å².